The molecule has 1 aliphatic rings. The van der Waals surface area contributed by atoms with Gasteiger partial charge in [-0.15, -0.1) is 0 Å². The van der Waals surface area contributed by atoms with Gasteiger partial charge in [-0.3, -0.25) is 24.8 Å². The Bertz CT molecular complexity index is 1030. The third-order valence-electron chi connectivity index (χ3n) is 5.59. The standard InChI is InChI=1S/C24H32ClN5O4/c1-15(14-31)12-28-23(33)21-20(22(26-2)27-3)29-24(34-19-6-4-5-18(32)11-19)30(21)13-16-7-9-17(25)10-8-16/h7-11,15,22,26-27,31H,4-6,12-14H2,1-3H3,(H,28,33). The monoisotopic (exact) mass is 489 g/mol. The molecule has 34 heavy (non-hydrogen) atoms. The third-order valence-corrected chi connectivity index (χ3v) is 5.84. The third kappa shape index (κ3) is 6.44. The largest absolute Gasteiger partial charge is 0.430 e. The summed E-state index contributed by atoms with van der Waals surface area (Å²) in [5.74, 6) is 0.0995. The van der Waals surface area contributed by atoms with Gasteiger partial charge in [0, 0.05) is 37.1 Å². The van der Waals surface area contributed by atoms with Crippen LogP contribution in [0.3, 0.4) is 0 Å². The predicted octanol–water partition coefficient (Wildman–Crippen LogP) is 2.40. The number of nitrogens with zero attached hydrogens (tertiary/aromatic N) is 2. The molecule has 1 amide bonds. The Morgan fingerprint density at radius 3 is 2.56 bits per heavy atom. The predicted molar refractivity (Wildman–Crippen MR) is 130 cm³/mol. The Balaban J connectivity index is 2.08. The summed E-state index contributed by atoms with van der Waals surface area (Å²) >= 11 is 6.05. The van der Waals surface area contributed by atoms with Crippen LogP contribution in [0.2, 0.25) is 5.02 Å². The quantitative estimate of drug-likeness (QED) is 0.358. The molecule has 0 saturated heterocycles. The summed E-state index contributed by atoms with van der Waals surface area (Å²) in [7, 11) is 3.52. The van der Waals surface area contributed by atoms with E-state index in [0.717, 1.165) is 5.56 Å². The van der Waals surface area contributed by atoms with Crippen LogP contribution in [-0.4, -0.2) is 53.6 Å². The second-order valence-electron chi connectivity index (χ2n) is 8.38. The number of imidazole rings is 1. The van der Waals surface area contributed by atoms with Gasteiger partial charge in [-0.2, -0.15) is 4.98 Å². The molecule has 0 spiro atoms. The van der Waals surface area contributed by atoms with E-state index < -0.39 is 6.17 Å². The smallest absolute Gasteiger partial charge is 0.302 e. The van der Waals surface area contributed by atoms with Crippen molar-refractivity contribution in [2.24, 2.45) is 5.92 Å². The summed E-state index contributed by atoms with van der Waals surface area (Å²) in [6.45, 7) is 2.42. The number of allylic oxidation sites excluding steroid dienone is 2. The molecule has 1 unspecified atom stereocenters. The lowest BCUT2D eigenvalue weighted by atomic mass is 10.1. The van der Waals surface area contributed by atoms with Gasteiger partial charge >= 0.3 is 6.01 Å². The minimum absolute atomic E-state index is 0.0107. The first kappa shape index (κ1) is 25.9. The van der Waals surface area contributed by atoms with E-state index >= 15 is 0 Å². The van der Waals surface area contributed by atoms with E-state index in [1.807, 2.05) is 19.1 Å². The van der Waals surface area contributed by atoms with Gasteiger partial charge in [-0.25, -0.2) is 0 Å². The summed E-state index contributed by atoms with van der Waals surface area (Å²) in [4.78, 5) is 30.0. The average molecular weight is 490 g/mol. The molecule has 0 radical (unpaired) electrons. The second-order valence-corrected chi connectivity index (χ2v) is 8.82. The Kier molecular flexibility index (Phi) is 9.23. The van der Waals surface area contributed by atoms with Gasteiger partial charge in [0.1, 0.15) is 23.3 Å². The molecule has 2 aromatic rings. The molecule has 9 nitrogen and oxygen atoms in total. The number of halogens is 1. The number of aliphatic hydroxyl groups is 1. The van der Waals surface area contributed by atoms with E-state index in [4.69, 9.17) is 16.3 Å². The number of aliphatic hydroxyl groups excluding tert-OH is 1. The summed E-state index contributed by atoms with van der Waals surface area (Å²) < 4.78 is 7.81. The van der Waals surface area contributed by atoms with Crippen LogP contribution in [0, 0.1) is 5.92 Å². The second kappa shape index (κ2) is 12.1. The average Bonchev–Trinajstić information content (AvgIpc) is 3.17. The molecule has 184 valence electrons. The summed E-state index contributed by atoms with van der Waals surface area (Å²) in [6, 6.07) is 7.53. The van der Waals surface area contributed by atoms with Crippen molar-refractivity contribution in [1.29, 1.82) is 0 Å². The van der Waals surface area contributed by atoms with E-state index in [1.165, 1.54) is 6.08 Å². The normalized spacial score (nSPS) is 14.8. The fourth-order valence-corrected chi connectivity index (χ4v) is 3.80. The van der Waals surface area contributed by atoms with E-state index in [1.54, 1.807) is 30.8 Å². The van der Waals surface area contributed by atoms with Crippen molar-refractivity contribution < 1.29 is 19.4 Å². The van der Waals surface area contributed by atoms with Gasteiger partial charge < -0.3 is 15.2 Å². The van der Waals surface area contributed by atoms with Gasteiger partial charge in [0.05, 0.1) is 6.54 Å². The van der Waals surface area contributed by atoms with Crippen LogP contribution in [0.25, 0.3) is 0 Å². The van der Waals surface area contributed by atoms with Crippen molar-refractivity contribution in [3.8, 4) is 6.01 Å². The Hall–Kier alpha value is -2.72. The summed E-state index contributed by atoms with van der Waals surface area (Å²) in [5.41, 5.74) is 1.69. The Labute approximate surface area is 204 Å². The molecule has 10 heteroatoms. The van der Waals surface area contributed by atoms with Crippen LogP contribution in [0.5, 0.6) is 6.01 Å². The highest BCUT2D eigenvalue weighted by Gasteiger charge is 2.29. The molecule has 0 aliphatic heterocycles. The fourth-order valence-electron chi connectivity index (χ4n) is 3.68. The SMILES string of the molecule is CNC(NC)c1nc(OC2=CC(=O)CCC2)n(Cc2ccc(Cl)cc2)c1C(=O)NCC(C)CO. The highest BCUT2D eigenvalue weighted by atomic mass is 35.5. The summed E-state index contributed by atoms with van der Waals surface area (Å²) in [5, 5.41) is 19.1. The topological polar surface area (TPSA) is 118 Å². The molecular formula is C24H32ClN5O4. The van der Waals surface area contributed by atoms with E-state index in [9.17, 15) is 14.7 Å². The number of benzene rings is 1. The van der Waals surface area contributed by atoms with Crippen molar-refractivity contribution in [3.63, 3.8) is 0 Å². The summed E-state index contributed by atoms with van der Waals surface area (Å²) in [6.07, 6.45) is 2.89. The van der Waals surface area contributed by atoms with E-state index in [-0.39, 0.29) is 30.2 Å². The molecule has 1 aliphatic carbocycles. The minimum Gasteiger partial charge on any atom is -0.430 e. The van der Waals surface area contributed by atoms with E-state index in [0.29, 0.717) is 54.5 Å². The van der Waals surface area contributed by atoms with Gasteiger partial charge in [-0.05, 0) is 44.1 Å². The Morgan fingerprint density at radius 1 is 1.24 bits per heavy atom. The lowest BCUT2D eigenvalue weighted by Gasteiger charge is -2.18. The van der Waals surface area contributed by atoms with Crippen LogP contribution in [0.15, 0.2) is 36.1 Å². The number of ketones is 1. The highest BCUT2D eigenvalue weighted by Crippen LogP contribution is 2.28. The maximum atomic E-state index is 13.4. The van der Waals surface area contributed by atoms with Crippen LogP contribution in [-0.2, 0) is 11.3 Å². The number of hydrogen-bond acceptors (Lipinski definition) is 7. The van der Waals surface area contributed by atoms with Crippen LogP contribution in [0.1, 0.15) is 54.1 Å². The van der Waals surface area contributed by atoms with Crippen LogP contribution in [0.4, 0.5) is 0 Å². The number of hydrogen-bond donors (Lipinski definition) is 4. The maximum absolute atomic E-state index is 13.4. The minimum atomic E-state index is -0.424. The lowest BCUT2D eigenvalue weighted by molar-refractivity contribution is -0.115. The van der Waals surface area contributed by atoms with Gasteiger partial charge in [0.15, 0.2) is 5.78 Å². The molecule has 0 bridgehead atoms. The molecule has 1 heterocycles. The number of ether oxygens (including phenoxy) is 1. The van der Waals surface area contributed by atoms with Crippen molar-refractivity contribution in [1.82, 2.24) is 25.5 Å². The number of rotatable bonds is 11. The number of amides is 1. The molecule has 0 saturated carbocycles. The molecule has 1 atom stereocenters. The van der Waals surface area contributed by atoms with Crippen LogP contribution >= 0.6 is 11.6 Å². The molecule has 3 rings (SSSR count). The van der Waals surface area contributed by atoms with Gasteiger partial charge in [0.2, 0.25) is 0 Å². The zero-order valence-corrected chi connectivity index (χ0v) is 20.5. The first-order valence-corrected chi connectivity index (χ1v) is 11.7. The van der Waals surface area contributed by atoms with Crippen molar-refractivity contribution in [2.75, 3.05) is 27.2 Å². The molecule has 1 aromatic heterocycles. The number of carbonyl (C=O) groups is 2. The number of carbonyl (C=O) groups excluding carboxylic acids is 2. The van der Waals surface area contributed by atoms with Crippen molar-refractivity contribution in [3.05, 3.63) is 58.1 Å². The van der Waals surface area contributed by atoms with Crippen molar-refractivity contribution >= 4 is 23.3 Å². The zero-order valence-electron chi connectivity index (χ0n) is 19.7. The van der Waals surface area contributed by atoms with Gasteiger partial charge in [0.25, 0.3) is 5.91 Å². The first-order valence-electron chi connectivity index (χ1n) is 11.4. The number of nitrogens with one attached hydrogen (secondary N) is 3. The zero-order chi connectivity index (χ0) is 24.7. The molecular weight excluding hydrogens is 458 g/mol. The Morgan fingerprint density at radius 2 is 1.94 bits per heavy atom. The molecule has 1 aromatic carbocycles. The fraction of sp³-hybridized carbons (Fsp3) is 0.458. The lowest BCUT2D eigenvalue weighted by Crippen LogP contribution is -2.35. The first-order chi connectivity index (χ1) is 16.4. The van der Waals surface area contributed by atoms with Gasteiger partial charge in [-0.1, -0.05) is 30.7 Å². The van der Waals surface area contributed by atoms with Crippen molar-refractivity contribution in [2.45, 2.75) is 38.9 Å². The number of aromatic nitrogens is 2. The molecule has 0 fully saturated rings. The maximum Gasteiger partial charge on any atom is 0.302 e. The van der Waals surface area contributed by atoms with Crippen LogP contribution < -0.4 is 20.7 Å². The van der Waals surface area contributed by atoms with E-state index in [2.05, 4.69) is 20.9 Å². The molecule has 4 N–H and O–H groups in total. The highest BCUT2D eigenvalue weighted by molar-refractivity contribution is 6.30.